The molecule has 0 rings (SSSR count). The molecule has 0 spiro atoms. The second-order valence-electron chi connectivity index (χ2n) is 21.0. The number of amides is 1. The first-order valence-corrected chi connectivity index (χ1v) is 30.6. The van der Waals surface area contributed by atoms with Gasteiger partial charge in [0.05, 0.1) is 25.4 Å². The van der Waals surface area contributed by atoms with Gasteiger partial charge in [0.1, 0.15) is 0 Å². The highest BCUT2D eigenvalue weighted by atomic mass is 16.5. The molecule has 3 N–H and O–H groups in total. The summed E-state index contributed by atoms with van der Waals surface area (Å²) >= 11 is 0. The van der Waals surface area contributed by atoms with Crippen molar-refractivity contribution in [2.45, 2.75) is 347 Å². The summed E-state index contributed by atoms with van der Waals surface area (Å²) in [7, 11) is 0. The smallest absolute Gasteiger partial charge is 0.305 e. The van der Waals surface area contributed by atoms with Crippen LogP contribution in [0.25, 0.3) is 0 Å². The fourth-order valence-corrected chi connectivity index (χ4v) is 9.50. The number of aliphatic hydroxyl groups excluding tert-OH is 2. The molecule has 68 heavy (non-hydrogen) atoms. The number of allylic oxidation sites excluding steroid dienone is 3. The van der Waals surface area contributed by atoms with E-state index in [2.05, 4.69) is 31.3 Å². The molecule has 0 aromatic rings. The zero-order chi connectivity index (χ0) is 49.3. The van der Waals surface area contributed by atoms with Crippen molar-refractivity contribution in [3.8, 4) is 0 Å². The van der Waals surface area contributed by atoms with Crippen LogP contribution in [0, 0.1) is 0 Å². The topological polar surface area (TPSA) is 95.9 Å². The summed E-state index contributed by atoms with van der Waals surface area (Å²) in [6.45, 7) is 4.88. The van der Waals surface area contributed by atoms with E-state index in [4.69, 9.17) is 4.74 Å². The first kappa shape index (κ1) is 66.3. The molecule has 0 aliphatic heterocycles. The predicted octanol–water partition coefficient (Wildman–Crippen LogP) is 19.0. The van der Waals surface area contributed by atoms with Crippen molar-refractivity contribution in [1.29, 1.82) is 0 Å². The standard InChI is InChI=1S/C62H119NO5/c1-3-5-7-9-11-13-15-16-17-18-19-20-21-22-25-28-31-35-38-42-46-50-54-60(65)59(58-64)63-61(66)55-51-47-43-39-36-32-29-26-23-24-27-30-33-37-41-45-49-53-57-68-62(67)56-52-48-44-40-34-14-12-10-8-6-4-2/h10,12,50,54,59-60,64-65H,3-9,11,13-49,51-53,55-58H2,1-2H3,(H,63,66)/b12-10-,54-50+. The number of hydrogen-bond donors (Lipinski definition) is 3. The Morgan fingerprint density at radius 3 is 1.09 bits per heavy atom. The second kappa shape index (κ2) is 57.9. The van der Waals surface area contributed by atoms with Crippen molar-refractivity contribution >= 4 is 11.9 Å². The molecule has 0 bridgehead atoms. The summed E-state index contributed by atoms with van der Waals surface area (Å²) < 4.78 is 5.45. The van der Waals surface area contributed by atoms with E-state index in [9.17, 15) is 19.8 Å². The molecule has 0 aliphatic carbocycles. The van der Waals surface area contributed by atoms with Gasteiger partial charge < -0.3 is 20.3 Å². The molecule has 6 heteroatoms. The van der Waals surface area contributed by atoms with Gasteiger partial charge in [0.2, 0.25) is 5.91 Å². The van der Waals surface area contributed by atoms with E-state index in [0.717, 1.165) is 44.9 Å². The summed E-state index contributed by atoms with van der Waals surface area (Å²) in [5.74, 6) is -0.0732. The number of carbonyl (C=O) groups is 2. The SMILES string of the molecule is CCCC/C=C\CCCCCCCC(=O)OCCCCCCCCCCCCCCCCCCCCC(=O)NC(CO)C(O)/C=C/CCCCCCCCCCCCCCCCCCCCCC. The maximum atomic E-state index is 12.5. The number of unbranched alkanes of at least 4 members (excludes halogenated alkanes) is 44. The lowest BCUT2D eigenvalue weighted by molar-refractivity contribution is -0.143. The van der Waals surface area contributed by atoms with Crippen LogP contribution in [-0.4, -0.2) is 47.4 Å². The van der Waals surface area contributed by atoms with Gasteiger partial charge in [-0.15, -0.1) is 0 Å². The predicted molar refractivity (Wildman–Crippen MR) is 296 cm³/mol. The summed E-state index contributed by atoms with van der Waals surface area (Å²) in [5, 5.41) is 23.2. The Bertz CT molecular complexity index is 1060. The zero-order valence-corrected chi connectivity index (χ0v) is 45.9. The molecule has 1 amide bonds. The quantitative estimate of drug-likeness (QED) is 0.0321. The number of carbonyl (C=O) groups excluding carboxylic acids is 2. The highest BCUT2D eigenvalue weighted by Gasteiger charge is 2.18. The molecule has 2 unspecified atom stereocenters. The monoisotopic (exact) mass is 958 g/mol. The van der Waals surface area contributed by atoms with Crippen LogP contribution in [0.3, 0.4) is 0 Å². The zero-order valence-electron chi connectivity index (χ0n) is 45.9. The van der Waals surface area contributed by atoms with E-state index < -0.39 is 12.1 Å². The third kappa shape index (κ3) is 53.7. The largest absolute Gasteiger partial charge is 0.466 e. The highest BCUT2D eigenvalue weighted by molar-refractivity contribution is 5.76. The van der Waals surface area contributed by atoms with E-state index in [1.165, 1.54) is 263 Å². The Morgan fingerprint density at radius 2 is 0.706 bits per heavy atom. The number of nitrogens with one attached hydrogen (secondary N) is 1. The maximum Gasteiger partial charge on any atom is 0.305 e. The van der Waals surface area contributed by atoms with Crippen molar-refractivity contribution in [3.63, 3.8) is 0 Å². The fraction of sp³-hybridized carbons (Fsp3) is 0.903. The molecule has 6 nitrogen and oxygen atoms in total. The summed E-state index contributed by atoms with van der Waals surface area (Å²) in [5.41, 5.74) is 0. The molecular weight excluding hydrogens is 839 g/mol. The molecule has 402 valence electrons. The minimum absolute atomic E-state index is 0.00417. The van der Waals surface area contributed by atoms with Crippen LogP contribution in [-0.2, 0) is 14.3 Å². The second-order valence-corrected chi connectivity index (χ2v) is 21.0. The molecule has 0 aromatic heterocycles. The van der Waals surface area contributed by atoms with E-state index in [1.807, 2.05) is 6.08 Å². The van der Waals surface area contributed by atoms with Crippen LogP contribution in [0.4, 0.5) is 0 Å². The van der Waals surface area contributed by atoms with Crippen molar-refractivity contribution < 1.29 is 24.5 Å². The average molecular weight is 959 g/mol. The van der Waals surface area contributed by atoms with Gasteiger partial charge in [-0.25, -0.2) is 0 Å². The average Bonchev–Trinajstić information content (AvgIpc) is 3.34. The van der Waals surface area contributed by atoms with Crippen LogP contribution in [0.1, 0.15) is 335 Å². The Labute approximate surface area is 424 Å². The van der Waals surface area contributed by atoms with Crippen LogP contribution in [0.2, 0.25) is 0 Å². The van der Waals surface area contributed by atoms with Crippen LogP contribution in [0.5, 0.6) is 0 Å². The van der Waals surface area contributed by atoms with E-state index in [0.29, 0.717) is 19.4 Å². The lowest BCUT2D eigenvalue weighted by atomic mass is 10.0. The number of aliphatic hydroxyl groups is 2. The van der Waals surface area contributed by atoms with Gasteiger partial charge in [0.15, 0.2) is 0 Å². The molecule has 0 aliphatic rings. The lowest BCUT2D eigenvalue weighted by Gasteiger charge is -2.20. The summed E-state index contributed by atoms with van der Waals surface area (Å²) in [6.07, 6.45) is 70.7. The first-order chi connectivity index (χ1) is 33.5. The van der Waals surface area contributed by atoms with Crippen molar-refractivity contribution in [2.75, 3.05) is 13.2 Å². The minimum atomic E-state index is -0.848. The van der Waals surface area contributed by atoms with E-state index in [-0.39, 0.29) is 18.5 Å². The van der Waals surface area contributed by atoms with Gasteiger partial charge in [0.25, 0.3) is 0 Å². The van der Waals surface area contributed by atoms with Crippen LogP contribution < -0.4 is 5.32 Å². The number of rotatable bonds is 57. The number of hydrogen-bond acceptors (Lipinski definition) is 5. The van der Waals surface area contributed by atoms with Gasteiger partial charge in [0, 0.05) is 12.8 Å². The minimum Gasteiger partial charge on any atom is -0.466 e. The molecule has 0 radical (unpaired) electrons. The molecular formula is C62H119NO5. The van der Waals surface area contributed by atoms with Crippen molar-refractivity contribution in [3.05, 3.63) is 24.3 Å². The van der Waals surface area contributed by atoms with Crippen LogP contribution in [0.15, 0.2) is 24.3 Å². The lowest BCUT2D eigenvalue weighted by Crippen LogP contribution is -2.45. The summed E-state index contributed by atoms with van der Waals surface area (Å²) in [4.78, 5) is 24.5. The van der Waals surface area contributed by atoms with Gasteiger partial charge >= 0.3 is 5.97 Å². The maximum absolute atomic E-state index is 12.5. The van der Waals surface area contributed by atoms with Gasteiger partial charge in [-0.1, -0.05) is 295 Å². The Balaban J connectivity index is 3.45. The molecule has 2 atom stereocenters. The van der Waals surface area contributed by atoms with E-state index >= 15 is 0 Å². The Kier molecular flexibility index (Phi) is 56.5. The number of esters is 1. The normalized spacial score (nSPS) is 12.7. The van der Waals surface area contributed by atoms with Crippen LogP contribution >= 0.6 is 0 Å². The van der Waals surface area contributed by atoms with Gasteiger partial charge in [-0.2, -0.15) is 0 Å². The molecule has 0 fully saturated rings. The van der Waals surface area contributed by atoms with Gasteiger partial charge in [-0.05, 0) is 51.4 Å². The highest BCUT2D eigenvalue weighted by Crippen LogP contribution is 2.18. The Morgan fingerprint density at radius 1 is 0.397 bits per heavy atom. The fourth-order valence-electron chi connectivity index (χ4n) is 9.50. The van der Waals surface area contributed by atoms with Gasteiger partial charge in [-0.3, -0.25) is 9.59 Å². The molecule has 0 saturated carbocycles. The third-order valence-electron chi connectivity index (χ3n) is 14.2. The van der Waals surface area contributed by atoms with E-state index in [1.54, 1.807) is 6.08 Å². The third-order valence-corrected chi connectivity index (χ3v) is 14.2. The Hall–Kier alpha value is -1.66. The summed E-state index contributed by atoms with van der Waals surface area (Å²) in [6, 6.07) is -0.632. The number of ether oxygens (including phenoxy) is 1. The molecule has 0 heterocycles. The first-order valence-electron chi connectivity index (χ1n) is 30.6. The van der Waals surface area contributed by atoms with Crippen molar-refractivity contribution in [2.24, 2.45) is 0 Å². The molecule has 0 saturated heterocycles. The van der Waals surface area contributed by atoms with Crippen molar-refractivity contribution in [1.82, 2.24) is 5.32 Å². The molecule has 0 aromatic carbocycles.